The molecule has 2 aromatic carbocycles. The van der Waals surface area contributed by atoms with E-state index >= 15 is 0 Å². The largest absolute Gasteiger partial charge is 0.484 e. The van der Waals surface area contributed by atoms with Gasteiger partial charge >= 0.3 is 5.76 Å². The third-order valence-electron chi connectivity index (χ3n) is 3.98. The molecule has 25 heavy (non-hydrogen) atoms. The summed E-state index contributed by atoms with van der Waals surface area (Å²) in [4.78, 5) is 23.3. The normalized spacial score (nSPS) is 10.8. The van der Waals surface area contributed by atoms with Crippen LogP contribution in [-0.4, -0.2) is 23.6 Å². The molecule has 1 N–H and O–H groups in total. The number of hydrogen-bond acceptors (Lipinski definition) is 4. The van der Waals surface area contributed by atoms with Crippen LogP contribution in [0, 0.1) is 6.92 Å². The second-order valence-corrected chi connectivity index (χ2v) is 5.93. The van der Waals surface area contributed by atoms with Crippen LogP contribution in [-0.2, 0) is 18.3 Å². The summed E-state index contributed by atoms with van der Waals surface area (Å²) in [7, 11) is 1.67. The molecular formula is C19H20N2O4. The van der Waals surface area contributed by atoms with E-state index in [1.807, 2.05) is 43.3 Å². The van der Waals surface area contributed by atoms with Crippen molar-refractivity contribution in [3.05, 3.63) is 64.1 Å². The number of fused-ring (bicyclic) bond motifs is 1. The number of carbonyl (C=O) groups excluding carboxylic acids is 1. The molecule has 0 spiro atoms. The molecule has 130 valence electrons. The average molecular weight is 340 g/mol. The van der Waals surface area contributed by atoms with Gasteiger partial charge in [-0.05, 0) is 43.2 Å². The fourth-order valence-electron chi connectivity index (χ4n) is 2.51. The summed E-state index contributed by atoms with van der Waals surface area (Å²) in [6.07, 6.45) is 0.658. The molecule has 0 aliphatic rings. The first-order valence-corrected chi connectivity index (χ1v) is 8.07. The minimum Gasteiger partial charge on any atom is -0.484 e. The van der Waals surface area contributed by atoms with E-state index < -0.39 is 0 Å². The van der Waals surface area contributed by atoms with E-state index in [2.05, 4.69) is 5.32 Å². The van der Waals surface area contributed by atoms with Crippen LogP contribution < -0.4 is 15.8 Å². The van der Waals surface area contributed by atoms with Crippen LogP contribution in [0.3, 0.4) is 0 Å². The van der Waals surface area contributed by atoms with Crippen LogP contribution in [0.5, 0.6) is 5.75 Å². The Balaban J connectivity index is 1.49. The molecule has 0 unspecified atom stereocenters. The lowest BCUT2D eigenvalue weighted by Gasteiger charge is -2.08. The van der Waals surface area contributed by atoms with E-state index in [4.69, 9.17) is 9.15 Å². The molecule has 1 aromatic heterocycles. The summed E-state index contributed by atoms with van der Waals surface area (Å²) >= 11 is 0. The van der Waals surface area contributed by atoms with Crippen LogP contribution in [0.2, 0.25) is 0 Å². The molecule has 0 fully saturated rings. The first-order valence-electron chi connectivity index (χ1n) is 8.07. The predicted molar refractivity (Wildman–Crippen MR) is 94.8 cm³/mol. The summed E-state index contributed by atoms with van der Waals surface area (Å²) in [5.41, 5.74) is 3.47. The van der Waals surface area contributed by atoms with Crippen molar-refractivity contribution in [2.75, 3.05) is 13.2 Å². The van der Waals surface area contributed by atoms with Gasteiger partial charge in [-0.3, -0.25) is 9.36 Å². The number of aryl methyl sites for hydroxylation is 2. The Morgan fingerprint density at radius 2 is 1.96 bits per heavy atom. The van der Waals surface area contributed by atoms with Gasteiger partial charge in [0.25, 0.3) is 5.91 Å². The molecule has 0 radical (unpaired) electrons. The molecule has 0 bridgehead atoms. The SMILES string of the molecule is Cc1ccc(OCC(=O)NCCc2ccc3oc(=O)n(C)c3c2)cc1. The molecule has 6 heteroatoms. The highest BCUT2D eigenvalue weighted by Crippen LogP contribution is 2.14. The first-order chi connectivity index (χ1) is 12.0. The topological polar surface area (TPSA) is 73.5 Å². The fourth-order valence-corrected chi connectivity index (χ4v) is 2.51. The molecule has 0 aliphatic heterocycles. The number of aromatic nitrogens is 1. The summed E-state index contributed by atoms with van der Waals surface area (Å²) in [5.74, 6) is 0.123. The van der Waals surface area contributed by atoms with Gasteiger partial charge in [0.1, 0.15) is 5.75 Å². The third-order valence-corrected chi connectivity index (χ3v) is 3.98. The zero-order valence-corrected chi connectivity index (χ0v) is 14.2. The smallest absolute Gasteiger partial charge is 0.419 e. The van der Waals surface area contributed by atoms with E-state index in [9.17, 15) is 9.59 Å². The Morgan fingerprint density at radius 3 is 2.72 bits per heavy atom. The monoisotopic (exact) mass is 340 g/mol. The van der Waals surface area contributed by atoms with Crippen molar-refractivity contribution in [1.82, 2.24) is 9.88 Å². The molecule has 1 heterocycles. The van der Waals surface area contributed by atoms with Crippen molar-refractivity contribution >= 4 is 17.0 Å². The van der Waals surface area contributed by atoms with Gasteiger partial charge in [0.2, 0.25) is 0 Å². The lowest BCUT2D eigenvalue weighted by atomic mass is 10.1. The molecule has 0 saturated carbocycles. The van der Waals surface area contributed by atoms with Gasteiger partial charge in [-0.15, -0.1) is 0 Å². The summed E-state index contributed by atoms with van der Waals surface area (Å²) < 4.78 is 12.0. The van der Waals surface area contributed by atoms with E-state index in [-0.39, 0.29) is 18.3 Å². The quantitative estimate of drug-likeness (QED) is 0.746. The molecule has 3 aromatic rings. The van der Waals surface area contributed by atoms with Gasteiger partial charge in [-0.1, -0.05) is 23.8 Å². The van der Waals surface area contributed by atoms with E-state index in [1.165, 1.54) is 4.57 Å². The standard InChI is InChI=1S/C19H20N2O4/c1-13-3-6-15(7-4-13)24-12-18(22)20-10-9-14-5-8-17-16(11-14)21(2)19(23)25-17/h3-8,11H,9-10,12H2,1-2H3,(H,20,22). The predicted octanol–water partition coefficient (Wildman–Crippen LogP) is 2.18. The minimum atomic E-state index is -0.381. The number of ether oxygens (including phenoxy) is 1. The van der Waals surface area contributed by atoms with E-state index in [0.29, 0.717) is 24.3 Å². The number of rotatable bonds is 6. The summed E-state index contributed by atoms with van der Waals surface area (Å²) in [5, 5.41) is 2.82. The number of benzene rings is 2. The highest BCUT2D eigenvalue weighted by Gasteiger charge is 2.07. The van der Waals surface area contributed by atoms with Crippen LogP contribution in [0.1, 0.15) is 11.1 Å². The number of carbonyl (C=O) groups is 1. The zero-order chi connectivity index (χ0) is 17.8. The van der Waals surface area contributed by atoms with Gasteiger partial charge in [-0.25, -0.2) is 4.79 Å². The summed E-state index contributed by atoms with van der Waals surface area (Å²) in [6.45, 7) is 2.47. The Labute approximate surface area is 145 Å². The number of nitrogens with zero attached hydrogens (tertiary/aromatic N) is 1. The van der Waals surface area contributed by atoms with Gasteiger partial charge in [0, 0.05) is 13.6 Å². The number of nitrogens with one attached hydrogen (secondary N) is 1. The van der Waals surface area contributed by atoms with Crippen molar-refractivity contribution in [2.24, 2.45) is 7.05 Å². The Hall–Kier alpha value is -3.02. The minimum absolute atomic E-state index is 0.0155. The number of hydrogen-bond donors (Lipinski definition) is 1. The van der Waals surface area contributed by atoms with Crippen LogP contribution in [0.15, 0.2) is 51.7 Å². The average Bonchev–Trinajstić information content (AvgIpc) is 2.89. The molecule has 1 amide bonds. The molecule has 0 saturated heterocycles. The van der Waals surface area contributed by atoms with Crippen molar-refractivity contribution in [1.29, 1.82) is 0 Å². The summed E-state index contributed by atoms with van der Waals surface area (Å²) in [6, 6.07) is 13.1. The molecule has 0 aliphatic carbocycles. The second kappa shape index (κ2) is 7.25. The number of amides is 1. The zero-order valence-electron chi connectivity index (χ0n) is 14.2. The number of oxazole rings is 1. The van der Waals surface area contributed by atoms with Crippen molar-refractivity contribution in [2.45, 2.75) is 13.3 Å². The second-order valence-electron chi connectivity index (χ2n) is 5.93. The van der Waals surface area contributed by atoms with Crippen molar-refractivity contribution in [3.8, 4) is 5.75 Å². The molecule has 3 rings (SSSR count). The van der Waals surface area contributed by atoms with Gasteiger partial charge in [-0.2, -0.15) is 0 Å². The van der Waals surface area contributed by atoms with E-state index in [0.717, 1.165) is 16.6 Å². The van der Waals surface area contributed by atoms with Crippen molar-refractivity contribution in [3.63, 3.8) is 0 Å². The van der Waals surface area contributed by atoms with Gasteiger partial charge < -0.3 is 14.5 Å². The Kier molecular flexibility index (Phi) is 4.88. The van der Waals surface area contributed by atoms with Crippen molar-refractivity contribution < 1.29 is 13.9 Å². The van der Waals surface area contributed by atoms with Crippen LogP contribution in [0.4, 0.5) is 0 Å². The van der Waals surface area contributed by atoms with Gasteiger partial charge in [0.15, 0.2) is 12.2 Å². The van der Waals surface area contributed by atoms with Crippen LogP contribution >= 0.6 is 0 Å². The maximum atomic E-state index is 11.8. The lowest BCUT2D eigenvalue weighted by Crippen LogP contribution is -2.30. The highest BCUT2D eigenvalue weighted by molar-refractivity contribution is 5.77. The first kappa shape index (κ1) is 16.8. The molecular weight excluding hydrogens is 320 g/mol. The van der Waals surface area contributed by atoms with Gasteiger partial charge in [0.05, 0.1) is 5.52 Å². The fraction of sp³-hybridized carbons (Fsp3) is 0.263. The Morgan fingerprint density at radius 1 is 1.20 bits per heavy atom. The lowest BCUT2D eigenvalue weighted by molar-refractivity contribution is -0.123. The molecule has 0 atom stereocenters. The maximum Gasteiger partial charge on any atom is 0.419 e. The molecule has 6 nitrogen and oxygen atoms in total. The van der Waals surface area contributed by atoms with E-state index in [1.54, 1.807) is 13.1 Å². The Bertz CT molecular complexity index is 938. The van der Waals surface area contributed by atoms with Crippen LogP contribution in [0.25, 0.3) is 11.1 Å². The highest BCUT2D eigenvalue weighted by atomic mass is 16.5. The maximum absolute atomic E-state index is 11.8. The third kappa shape index (κ3) is 4.09.